The van der Waals surface area contributed by atoms with Crippen molar-refractivity contribution in [3.8, 4) is 11.3 Å². The van der Waals surface area contributed by atoms with Crippen LogP contribution >= 0.6 is 0 Å². The van der Waals surface area contributed by atoms with Crippen molar-refractivity contribution in [2.24, 2.45) is 0 Å². The Labute approximate surface area is 183 Å². The predicted octanol–water partition coefficient (Wildman–Crippen LogP) is 3.64. The van der Waals surface area contributed by atoms with Crippen LogP contribution in [0, 0.1) is 5.82 Å². The van der Waals surface area contributed by atoms with Gasteiger partial charge in [-0.1, -0.05) is 12.1 Å². The molecule has 1 atom stereocenters. The summed E-state index contributed by atoms with van der Waals surface area (Å²) in [6.45, 7) is 1.19. The molecule has 0 aliphatic carbocycles. The molecule has 0 aliphatic rings. The molecule has 12 heteroatoms. The number of benzene rings is 1. The minimum Gasteiger partial charge on any atom is -0.476 e. The number of aliphatic hydroxyl groups is 1. The third-order valence-corrected chi connectivity index (χ3v) is 5.30. The molecule has 3 heterocycles. The summed E-state index contributed by atoms with van der Waals surface area (Å²) < 4.78 is 55.7. The number of imidazole rings is 1. The molecule has 4 aromatic rings. The van der Waals surface area contributed by atoms with Gasteiger partial charge in [-0.05, 0) is 48.4 Å². The van der Waals surface area contributed by atoms with Gasteiger partial charge < -0.3 is 10.2 Å². The SMILES string of the molecule is CCC(O)(c1cn(Cc2ccn3c(-c4ccc(F)cc4)c(C(=O)O)nc3c2)nn1)C(F)(F)F. The zero-order valence-electron chi connectivity index (χ0n) is 17.1. The maximum Gasteiger partial charge on any atom is 0.423 e. The number of halogens is 4. The third kappa shape index (κ3) is 3.93. The quantitative estimate of drug-likeness (QED) is 0.423. The third-order valence-electron chi connectivity index (χ3n) is 5.30. The standard InChI is InChI=1S/C21H17F4N5O3/c1-2-20(33,21(23,24)25)15-11-29(28-27-15)10-12-7-8-30-16(9-12)26-17(19(31)32)18(30)13-3-5-14(22)6-4-13/h3-9,11,33H,2,10H2,1H3,(H,31,32). The normalized spacial score (nSPS) is 13.9. The van der Waals surface area contributed by atoms with E-state index in [9.17, 15) is 32.6 Å². The van der Waals surface area contributed by atoms with Crippen molar-refractivity contribution in [3.63, 3.8) is 0 Å². The lowest BCUT2D eigenvalue weighted by molar-refractivity contribution is -0.269. The summed E-state index contributed by atoms with van der Waals surface area (Å²) in [5, 5.41) is 26.8. The molecular weight excluding hydrogens is 446 g/mol. The molecule has 0 radical (unpaired) electrons. The van der Waals surface area contributed by atoms with Crippen molar-refractivity contribution in [2.75, 3.05) is 0 Å². The van der Waals surface area contributed by atoms with Gasteiger partial charge >= 0.3 is 12.1 Å². The van der Waals surface area contributed by atoms with Crippen LogP contribution in [0.15, 0.2) is 48.8 Å². The summed E-state index contributed by atoms with van der Waals surface area (Å²) in [5.41, 5.74) is -2.44. The van der Waals surface area contributed by atoms with Crippen LogP contribution in [0.5, 0.6) is 0 Å². The van der Waals surface area contributed by atoms with Gasteiger partial charge in [-0.2, -0.15) is 13.2 Å². The van der Waals surface area contributed by atoms with Crippen LogP contribution in [0.1, 0.15) is 35.1 Å². The Morgan fingerprint density at radius 2 is 1.85 bits per heavy atom. The predicted molar refractivity (Wildman–Crippen MR) is 107 cm³/mol. The van der Waals surface area contributed by atoms with Crippen molar-refractivity contribution in [1.82, 2.24) is 24.4 Å². The number of aromatic nitrogens is 5. The Balaban J connectivity index is 1.70. The van der Waals surface area contributed by atoms with Crippen LogP contribution in [0.4, 0.5) is 17.6 Å². The molecule has 0 amide bonds. The fraction of sp³-hybridized carbons (Fsp3) is 0.238. The maximum atomic E-state index is 13.3. The average Bonchev–Trinajstić information content (AvgIpc) is 3.38. The number of rotatable bonds is 6. The van der Waals surface area contributed by atoms with E-state index in [-0.39, 0.29) is 23.6 Å². The van der Waals surface area contributed by atoms with E-state index < -0.39 is 35.7 Å². The molecule has 0 bridgehead atoms. The van der Waals surface area contributed by atoms with Gasteiger partial charge in [0, 0.05) is 11.8 Å². The van der Waals surface area contributed by atoms with Gasteiger partial charge in [-0.15, -0.1) is 5.10 Å². The molecule has 4 rings (SSSR count). The number of carboxylic acids is 1. The largest absolute Gasteiger partial charge is 0.476 e. The van der Waals surface area contributed by atoms with Crippen LogP contribution in [0.2, 0.25) is 0 Å². The monoisotopic (exact) mass is 463 g/mol. The Bertz CT molecular complexity index is 1330. The van der Waals surface area contributed by atoms with E-state index >= 15 is 0 Å². The van der Waals surface area contributed by atoms with Crippen LogP contribution < -0.4 is 0 Å². The number of nitrogens with zero attached hydrogens (tertiary/aromatic N) is 5. The molecule has 1 aromatic carbocycles. The second kappa shape index (κ2) is 7.96. The van der Waals surface area contributed by atoms with Crippen LogP contribution in [-0.4, -0.2) is 46.7 Å². The van der Waals surface area contributed by atoms with Gasteiger partial charge in [0.1, 0.15) is 17.2 Å². The zero-order valence-corrected chi connectivity index (χ0v) is 17.1. The highest BCUT2D eigenvalue weighted by Gasteiger charge is 2.55. The number of alkyl halides is 3. The van der Waals surface area contributed by atoms with Crippen LogP contribution in [0.3, 0.4) is 0 Å². The molecule has 2 N–H and O–H groups in total. The molecule has 0 spiro atoms. The lowest BCUT2D eigenvalue weighted by atomic mass is 9.96. The molecular formula is C21H17F4N5O3. The van der Waals surface area contributed by atoms with Crippen molar-refractivity contribution >= 4 is 11.6 Å². The molecule has 172 valence electrons. The molecule has 0 saturated heterocycles. The van der Waals surface area contributed by atoms with Gasteiger partial charge in [0.15, 0.2) is 5.69 Å². The zero-order chi connectivity index (χ0) is 24.0. The topological polar surface area (TPSA) is 106 Å². The molecule has 8 nitrogen and oxygen atoms in total. The van der Waals surface area contributed by atoms with Crippen molar-refractivity contribution in [1.29, 1.82) is 0 Å². The summed E-state index contributed by atoms with van der Waals surface area (Å²) in [6, 6.07) is 8.45. The van der Waals surface area contributed by atoms with Crippen molar-refractivity contribution < 1.29 is 32.6 Å². The number of carboxylic acid groups (broad SMARTS) is 1. The van der Waals surface area contributed by atoms with Gasteiger partial charge in [-0.25, -0.2) is 18.9 Å². The lowest BCUT2D eigenvalue weighted by Gasteiger charge is -2.26. The van der Waals surface area contributed by atoms with E-state index in [1.807, 2.05) is 0 Å². The first kappa shape index (κ1) is 22.4. The molecule has 3 aromatic heterocycles. The number of aromatic carboxylic acids is 1. The summed E-state index contributed by atoms with van der Waals surface area (Å²) in [5.74, 6) is -1.74. The second-order valence-corrected chi connectivity index (χ2v) is 7.40. The molecule has 0 aliphatic heterocycles. The number of hydrogen-bond acceptors (Lipinski definition) is 5. The van der Waals surface area contributed by atoms with E-state index in [4.69, 9.17) is 0 Å². The van der Waals surface area contributed by atoms with E-state index in [1.165, 1.54) is 35.6 Å². The fourth-order valence-corrected chi connectivity index (χ4v) is 3.50. The first-order chi connectivity index (χ1) is 15.5. The Morgan fingerprint density at radius 3 is 2.45 bits per heavy atom. The highest BCUT2D eigenvalue weighted by molar-refractivity contribution is 5.94. The Morgan fingerprint density at radius 1 is 1.15 bits per heavy atom. The smallest absolute Gasteiger partial charge is 0.423 e. The van der Waals surface area contributed by atoms with Gasteiger partial charge in [-0.3, -0.25) is 4.40 Å². The highest BCUT2D eigenvalue weighted by atomic mass is 19.4. The van der Waals surface area contributed by atoms with Crippen molar-refractivity contribution in [3.05, 3.63) is 71.6 Å². The maximum absolute atomic E-state index is 13.3. The molecule has 1 unspecified atom stereocenters. The van der Waals surface area contributed by atoms with E-state index in [0.29, 0.717) is 11.1 Å². The van der Waals surface area contributed by atoms with E-state index in [0.717, 1.165) is 10.9 Å². The molecule has 33 heavy (non-hydrogen) atoms. The summed E-state index contributed by atoms with van der Waals surface area (Å²) in [4.78, 5) is 15.9. The number of carbonyl (C=O) groups is 1. The minimum absolute atomic E-state index is 0.00228. The number of fused-ring (bicyclic) bond motifs is 1. The van der Waals surface area contributed by atoms with E-state index in [1.54, 1.807) is 18.3 Å². The minimum atomic E-state index is -4.92. The van der Waals surface area contributed by atoms with Gasteiger partial charge in [0.05, 0.1) is 18.4 Å². The number of hydrogen-bond donors (Lipinski definition) is 2. The number of pyridine rings is 1. The van der Waals surface area contributed by atoms with Gasteiger partial charge in [0.25, 0.3) is 0 Å². The second-order valence-electron chi connectivity index (χ2n) is 7.40. The van der Waals surface area contributed by atoms with E-state index in [2.05, 4.69) is 15.3 Å². The fourth-order valence-electron chi connectivity index (χ4n) is 3.50. The van der Waals surface area contributed by atoms with Gasteiger partial charge in [0.2, 0.25) is 5.60 Å². The first-order valence-corrected chi connectivity index (χ1v) is 9.73. The average molecular weight is 463 g/mol. The first-order valence-electron chi connectivity index (χ1n) is 9.73. The Kier molecular flexibility index (Phi) is 5.40. The van der Waals surface area contributed by atoms with Crippen LogP contribution in [-0.2, 0) is 12.1 Å². The lowest BCUT2D eigenvalue weighted by Crippen LogP contribution is -2.42. The summed E-state index contributed by atoms with van der Waals surface area (Å²) in [6.07, 6.45) is -2.97. The Hall–Kier alpha value is -3.80. The molecule has 0 saturated carbocycles. The van der Waals surface area contributed by atoms with Crippen LogP contribution in [0.25, 0.3) is 16.9 Å². The summed E-state index contributed by atoms with van der Waals surface area (Å²) in [7, 11) is 0. The van der Waals surface area contributed by atoms with Crippen molar-refractivity contribution in [2.45, 2.75) is 31.7 Å². The highest BCUT2D eigenvalue weighted by Crippen LogP contribution is 2.40. The molecule has 0 fully saturated rings. The summed E-state index contributed by atoms with van der Waals surface area (Å²) >= 11 is 0.